The summed E-state index contributed by atoms with van der Waals surface area (Å²) in [7, 11) is 0. The standard InChI is InChI=1S/C21H22FN7O2/c1-13-8-17(27-31-13)10-28-7-6-14(9-23)19(12-28)29-11-18(20(24)30)21(26-29)25-16-4-2-15(22)3-5-16/h2-5,8,11,14,19H,6-7,10,12H2,1H3,(H2,24,30)(H,25,26)/t14-,19+/m0/s1. The first-order chi connectivity index (χ1) is 14.9. The molecule has 31 heavy (non-hydrogen) atoms. The van der Waals surface area contributed by atoms with Crippen LogP contribution in [0.2, 0.25) is 0 Å². The van der Waals surface area contributed by atoms with Crippen molar-refractivity contribution in [2.24, 2.45) is 11.7 Å². The summed E-state index contributed by atoms with van der Waals surface area (Å²) in [4.78, 5) is 14.2. The van der Waals surface area contributed by atoms with Gasteiger partial charge in [-0.3, -0.25) is 14.4 Å². The van der Waals surface area contributed by atoms with Gasteiger partial charge in [-0.25, -0.2) is 4.39 Å². The van der Waals surface area contributed by atoms with E-state index in [-0.39, 0.29) is 29.2 Å². The number of piperidine rings is 1. The van der Waals surface area contributed by atoms with Crippen molar-refractivity contribution in [1.29, 1.82) is 5.26 Å². The summed E-state index contributed by atoms with van der Waals surface area (Å²) in [5.74, 6) is -0.273. The number of anilines is 2. The molecule has 0 aliphatic carbocycles. The Bertz CT molecular complexity index is 1120. The summed E-state index contributed by atoms with van der Waals surface area (Å²) in [5.41, 5.74) is 7.14. The molecule has 3 aromatic rings. The third-order valence-electron chi connectivity index (χ3n) is 5.34. The van der Waals surface area contributed by atoms with Crippen LogP contribution in [-0.2, 0) is 6.54 Å². The largest absolute Gasteiger partial charge is 0.365 e. The smallest absolute Gasteiger partial charge is 0.254 e. The van der Waals surface area contributed by atoms with Crippen LogP contribution in [0.5, 0.6) is 0 Å². The van der Waals surface area contributed by atoms with Gasteiger partial charge in [-0.2, -0.15) is 10.4 Å². The maximum Gasteiger partial charge on any atom is 0.254 e. The van der Waals surface area contributed by atoms with Crippen molar-refractivity contribution in [3.8, 4) is 6.07 Å². The lowest BCUT2D eigenvalue weighted by Crippen LogP contribution is -2.41. The Hall–Kier alpha value is -3.71. The summed E-state index contributed by atoms with van der Waals surface area (Å²) >= 11 is 0. The minimum absolute atomic E-state index is 0.199. The average Bonchev–Trinajstić information content (AvgIpc) is 3.36. The van der Waals surface area contributed by atoms with Gasteiger partial charge in [0.05, 0.1) is 23.7 Å². The number of aryl methyl sites for hydroxylation is 1. The minimum atomic E-state index is -0.643. The van der Waals surface area contributed by atoms with E-state index in [9.17, 15) is 14.4 Å². The summed E-state index contributed by atoms with van der Waals surface area (Å²) in [5, 5.41) is 21.2. The predicted molar refractivity (Wildman–Crippen MR) is 110 cm³/mol. The molecule has 0 saturated carbocycles. The van der Waals surface area contributed by atoms with Gasteiger partial charge < -0.3 is 15.6 Å². The third-order valence-corrected chi connectivity index (χ3v) is 5.34. The quantitative estimate of drug-likeness (QED) is 0.624. The second-order valence-corrected chi connectivity index (χ2v) is 7.62. The minimum Gasteiger partial charge on any atom is -0.365 e. The summed E-state index contributed by atoms with van der Waals surface area (Å²) in [6, 6.07) is 9.66. The van der Waals surface area contributed by atoms with Crippen LogP contribution in [0.4, 0.5) is 15.9 Å². The lowest BCUT2D eigenvalue weighted by atomic mass is 9.93. The molecule has 2 aromatic heterocycles. The van der Waals surface area contributed by atoms with Crippen LogP contribution in [-0.4, -0.2) is 38.8 Å². The second-order valence-electron chi connectivity index (χ2n) is 7.62. The van der Waals surface area contributed by atoms with Gasteiger partial charge in [0.15, 0.2) is 5.82 Å². The highest BCUT2D eigenvalue weighted by molar-refractivity contribution is 5.98. The van der Waals surface area contributed by atoms with Crippen LogP contribution in [0.3, 0.4) is 0 Å². The van der Waals surface area contributed by atoms with Crippen LogP contribution in [0.1, 0.15) is 34.3 Å². The zero-order chi connectivity index (χ0) is 22.0. The number of nitrogens with one attached hydrogen (secondary N) is 1. The Labute approximate surface area is 178 Å². The van der Waals surface area contributed by atoms with E-state index < -0.39 is 5.91 Å². The van der Waals surface area contributed by atoms with Gasteiger partial charge in [0, 0.05) is 31.0 Å². The molecule has 0 radical (unpaired) electrons. The molecule has 1 aliphatic heterocycles. The van der Waals surface area contributed by atoms with Gasteiger partial charge in [-0.1, -0.05) is 5.16 Å². The molecule has 0 unspecified atom stereocenters. The third kappa shape index (κ3) is 4.57. The van der Waals surface area contributed by atoms with Crippen molar-refractivity contribution in [3.63, 3.8) is 0 Å². The van der Waals surface area contributed by atoms with Crippen LogP contribution >= 0.6 is 0 Å². The fourth-order valence-electron chi connectivity index (χ4n) is 3.79. The molecule has 2 atom stereocenters. The number of benzene rings is 1. The van der Waals surface area contributed by atoms with E-state index in [4.69, 9.17) is 10.3 Å². The number of likely N-dealkylation sites (tertiary alicyclic amines) is 1. The number of nitrogens with two attached hydrogens (primary N) is 1. The molecule has 1 fully saturated rings. The number of primary amides is 1. The van der Waals surface area contributed by atoms with Crippen LogP contribution in [0, 0.1) is 30.0 Å². The Kier molecular flexibility index (Phi) is 5.68. The Morgan fingerprint density at radius 3 is 2.84 bits per heavy atom. The average molecular weight is 423 g/mol. The van der Waals surface area contributed by atoms with Crippen molar-refractivity contribution in [3.05, 3.63) is 59.4 Å². The monoisotopic (exact) mass is 423 g/mol. The van der Waals surface area contributed by atoms with E-state index in [1.165, 1.54) is 12.1 Å². The molecule has 0 spiro atoms. The van der Waals surface area contributed by atoms with E-state index >= 15 is 0 Å². The second kappa shape index (κ2) is 8.57. The lowest BCUT2D eigenvalue weighted by molar-refractivity contribution is 0.1000. The molecule has 3 N–H and O–H groups in total. The Morgan fingerprint density at radius 1 is 1.42 bits per heavy atom. The number of hydrogen-bond acceptors (Lipinski definition) is 7. The van der Waals surface area contributed by atoms with Gasteiger partial charge >= 0.3 is 0 Å². The molecular formula is C21H22FN7O2. The van der Waals surface area contributed by atoms with Crippen molar-refractivity contribution < 1.29 is 13.7 Å². The maximum absolute atomic E-state index is 13.2. The Balaban J connectivity index is 1.58. The molecule has 160 valence electrons. The first-order valence-corrected chi connectivity index (χ1v) is 9.88. The van der Waals surface area contributed by atoms with E-state index in [2.05, 4.69) is 26.5 Å². The molecule has 1 aromatic carbocycles. The predicted octanol–water partition coefficient (Wildman–Crippen LogP) is 2.75. The van der Waals surface area contributed by atoms with E-state index in [1.807, 2.05) is 13.0 Å². The van der Waals surface area contributed by atoms with Gasteiger partial charge in [0.1, 0.15) is 17.1 Å². The highest BCUT2D eigenvalue weighted by atomic mass is 19.1. The fourth-order valence-corrected chi connectivity index (χ4v) is 3.79. The number of nitrogens with zero attached hydrogens (tertiary/aromatic N) is 5. The summed E-state index contributed by atoms with van der Waals surface area (Å²) in [6.45, 7) is 3.73. The molecule has 0 bridgehead atoms. The van der Waals surface area contributed by atoms with E-state index in [0.717, 1.165) is 18.0 Å². The zero-order valence-corrected chi connectivity index (χ0v) is 17.0. The van der Waals surface area contributed by atoms with Crippen LogP contribution in [0.25, 0.3) is 0 Å². The summed E-state index contributed by atoms with van der Waals surface area (Å²) < 4.78 is 20.0. The number of carbonyl (C=O) groups excluding carboxylic acids is 1. The number of carbonyl (C=O) groups is 1. The molecule has 1 amide bonds. The molecule has 9 nitrogen and oxygen atoms in total. The highest BCUT2D eigenvalue weighted by Crippen LogP contribution is 2.30. The highest BCUT2D eigenvalue weighted by Gasteiger charge is 2.32. The maximum atomic E-state index is 13.2. The lowest BCUT2D eigenvalue weighted by Gasteiger charge is -2.35. The van der Waals surface area contributed by atoms with Crippen molar-refractivity contribution in [2.45, 2.75) is 25.9 Å². The molecule has 3 heterocycles. The van der Waals surface area contributed by atoms with Gasteiger partial charge in [-0.05, 0) is 44.2 Å². The van der Waals surface area contributed by atoms with Crippen molar-refractivity contribution >= 4 is 17.4 Å². The van der Waals surface area contributed by atoms with Gasteiger partial charge in [-0.15, -0.1) is 0 Å². The Morgan fingerprint density at radius 2 is 2.19 bits per heavy atom. The molecular weight excluding hydrogens is 401 g/mol. The van der Waals surface area contributed by atoms with Crippen molar-refractivity contribution in [2.75, 3.05) is 18.4 Å². The SMILES string of the molecule is Cc1cc(CN2CC[C@@H](C#N)[C@H](n3cc(C(N)=O)c(Nc4ccc(F)cc4)n3)C2)no1. The fraction of sp³-hybridized carbons (Fsp3) is 0.333. The molecule has 1 aliphatic rings. The zero-order valence-electron chi connectivity index (χ0n) is 17.0. The topological polar surface area (TPSA) is 126 Å². The van der Waals surface area contributed by atoms with Crippen molar-refractivity contribution in [1.82, 2.24) is 19.8 Å². The first-order valence-electron chi connectivity index (χ1n) is 9.88. The number of hydrogen-bond donors (Lipinski definition) is 2. The van der Waals surface area contributed by atoms with E-state index in [0.29, 0.717) is 25.2 Å². The van der Waals surface area contributed by atoms with Crippen LogP contribution in [0.15, 0.2) is 41.1 Å². The van der Waals surface area contributed by atoms with Gasteiger partial charge in [0.2, 0.25) is 0 Å². The number of aromatic nitrogens is 3. The van der Waals surface area contributed by atoms with E-state index in [1.54, 1.807) is 23.0 Å². The number of amides is 1. The number of rotatable bonds is 6. The normalized spacial score (nSPS) is 19.1. The number of nitriles is 1. The molecule has 4 rings (SSSR count). The molecule has 10 heteroatoms. The summed E-state index contributed by atoms with van der Waals surface area (Å²) in [6.07, 6.45) is 2.22. The number of halogens is 1. The van der Waals surface area contributed by atoms with Crippen LogP contribution < -0.4 is 11.1 Å². The molecule has 1 saturated heterocycles. The first kappa shape index (κ1) is 20.6. The van der Waals surface area contributed by atoms with Gasteiger partial charge in [0.25, 0.3) is 5.91 Å².